The van der Waals surface area contributed by atoms with Crippen molar-refractivity contribution in [3.05, 3.63) is 59.7 Å². The monoisotopic (exact) mass is 366 g/mol. The third kappa shape index (κ3) is 3.84. The van der Waals surface area contributed by atoms with E-state index in [0.29, 0.717) is 12.2 Å². The van der Waals surface area contributed by atoms with Gasteiger partial charge in [0, 0.05) is 19.2 Å². The number of ether oxygens (including phenoxy) is 1. The molecular formula is C21H22N2O4. The highest BCUT2D eigenvalue weighted by atomic mass is 16.5. The van der Waals surface area contributed by atoms with Crippen LogP contribution in [0.5, 0.6) is 0 Å². The molecule has 0 spiro atoms. The second-order valence-electron chi connectivity index (χ2n) is 6.39. The molecule has 6 heteroatoms. The Kier molecular flexibility index (Phi) is 5.54. The summed E-state index contributed by atoms with van der Waals surface area (Å²) in [6.07, 6.45) is 1.81. The minimum atomic E-state index is -0.549. The average Bonchev–Trinajstić information content (AvgIpc) is 2.70. The Morgan fingerprint density at radius 3 is 2.52 bits per heavy atom. The molecule has 1 heterocycles. The van der Waals surface area contributed by atoms with Crippen molar-refractivity contribution in [3.8, 4) is 0 Å². The summed E-state index contributed by atoms with van der Waals surface area (Å²) in [6, 6.07) is 14.4. The molecule has 3 rings (SSSR count). The molecule has 0 aliphatic carbocycles. The van der Waals surface area contributed by atoms with Crippen LogP contribution in [0.25, 0.3) is 0 Å². The van der Waals surface area contributed by atoms with Crippen molar-refractivity contribution in [1.29, 1.82) is 0 Å². The van der Waals surface area contributed by atoms with Gasteiger partial charge in [-0.1, -0.05) is 30.3 Å². The van der Waals surface area contributed by atoms with E-state index in [1.807, 2.05) is 24.3 Å². The number of benzene rings is 2. The van der Waals surface area contributed by atoms with Gasteiger partial charge >= 0.3 is 5.97 Å². The number of esters is 1. The lowest BCUT2D eigenvalue weighted by molar-refractivity contribution is -0.121. The summed E-state index contributed by atoms with van der Waals surface area (Å²) in [5.41, 5.74) is 2.64. The fourth-order valence-corrected chi connectivity index (χ4v) is 3.37. The largest absolute Gasteiger partial charge is 0.465 e. The molecule has 2 amide bonds. The molecular weight excluding hydrogens is 344 g/mol. The molecule has 0 atom stereocenters. The Morgan fingerprint density at radius 2 is 1.78 bits per heavy atom. The van der Waals surface area contributed by atoms with E-state index in [1.54, 1.807) is 29.2 Å². The molecule has 0 N–H and O–H groups in total. The zero-order chi connectivity index (χ0) is 19.4. The van der Waals surface area contributed by atoms with Gasteiger partial charge < -0.3 is 14.5 Å². The van der Waals surface area contributed by atoms with E-state index in [9.17, 15) is 14.4 Å². The summed E-state index contributed by atoms with van der Waals surface area (Å²) >= 11 is 0. The SMILES string of the molecule is COC(=O)c1ccccc1N(CC(=O)N1CCCc2ccccc21)C(C)=O. The van der Waals surface area contributed by atoms with Crippen molar-refractivity contribution in [2.75, 3.05) is 30.0 Å². The predicted molar refractivity (Wildman–Crippen MR) is 103 cm³/mol. The Morgan fingerprint density at radius 1 is 1.07 bits per heavy atom. The summed E-state index contributed by atoms with van der Waals surface area (Å²) in [5, 5.41) is 0. The van der Waals surface area contributed by atoms with Crippen LogP contribution in [0.2, 0.25) is 0 Å². The van der Waals surface area contributed by atoms with Crippen molar-refractivity contribution in [2.24, 2.45) is 0 Å². The van der Waals surface area contributed by atoms with E-state index in [4.69, 9.17) is 4.74 Å². The number of anilines is 2. The average molecular weight is 366 g/mol. The van der Waals surface area contributed by atoms with E-state index in [2.05, 4.69) is 0 Å². The Labute approximate surface area is 158 Å². The Hall–Kier alpha value is -3.15. The number of hydrogen-bond donors (Lipinski definition) is 0. The quantitative estimate of drug-likeness (QED) is 0.781. The number of aryl methyl sites for hydroxylation is 1. The van der Waals surface area contributed by atoms with E-state index in [0.717, 1.165) is 24.1 Å². The number of rotatable bonds is 4. The van der Waals surface area contributed by atoms with Crippen LogP contribution < -0.4 is 9.80 Å². The van der Waals surface area contributed by atoms with Crippen molar-refractivity contribution in [3.63, 3.8) is 0 Å². The first-order valence-electron chi connectivity index (χ1n) is 8.86. The molecule has 0 fully saturated rings. The van der Waals surface area contributed by atoms with E-state index in [1.165, 1.54) is 18.9 Å². The first-order valence-corrected chi connectivity index (χ1v) is 8.86. The zero-order valence-electron chi connectivity index (χ0n) is 15.5. The number of fused-ring (bicyclic) bond motifs is 1. The third-order valence-electron chi connectivity index (χ3n) is 4.68. The highest BCUT2D eigenvalue weighted by molar-refractivity contribution is 6.07. The minimum Gasteiger partial charge on any atom is -0.465 e. The lowest BCUT2D eigenvalue weighted by Gasteiger charge is -2.32. The van der Waals surface area contributed by atoms with Gasteiger partial charge in [0.25, 0.3) is 0 Å². The molecule has 1 aliphatic heterocycles. The fourth-order valence-electron chi connectivity index (χ4n) is 3.37. The molecule has 6 nitrogen and oxygen atoms in total. The van der Waals surface area contributed by atoms with Crippen LogP contribution in [0, 0.1) is 0 Å². The Balaban J connectivity index is 1.90. The number of para-hydroxylation sites is 2. The van der Waals surface area contributed by atoms with Crippen LogP contribution >= 0.6 is 0 Å². The van der Waals surface area contributed by atoms with Crippen LogP contribution in [0.3, 0.4) is 0 Å². The fraction of sp³-hybridized carbons (Fsp3) is 0.286. The second kappa shape index (κ2) is 8.03. The molecule has 0 saturated heterocycles. The molecule has 2 aromatic rings. The highest BCUT2D eigenvalue weighted by Gasteiger charge is 2.27. The standard InChI is InChI=1S/C21H22N2O4/c1-15(24)23(19-12-6-4-10-17(19)21(26)27-2)14-20(25)22-13-7-9-16-8-3-5-11-18(16)22/h3-6,8,10-12H,7,9,13-14H2,1-2H3. The molecule has 0 aromatic heterocycles. The van der Waals surface area contributed by atoms with E-state index < -0.39 is 5.97 Å². The first-order chi connectivity index (χ1) is 13.0. The molecule has 2 aromatic carbocycles. The number of nitrogens with zero attached hydrogens (tertiary/aromatic N) is 2. The minimum absolute atomic E-state index is 0.141. The van der Waals surface area contributed by atoms with Gasteiger partial charge in [0.15, 0.2) is 0 Å². The molecule has 1 aliphatic rings. The summed E-state index contributed by atoms with van der Waals surface area (Å²) in [4.78, 5) is 40.4. The molecule has 0 unspecified atom stereocenters. The number of methoxy groups -OCH3 is 1. The molecule has 0 bridgehead atoms. The van der Waals surface area contributed by atoms with Crippen molar-refractivity contribution in [1.82, 2.24) is 0 Å². The van der Waals surface area contributed by atoms with Crippen LogP contribution in [0.4, 0.5) is 11.4 Å². The lowest BCUT2D eigenvalue weighted by Crippen LogP contribution is -2.44. The number of hydrogen-bond acceptors (Lipinski definition) is 4. The van der Waals surface area contributed by atoms with E-state index >= 15 is 0 Å². The zero-order valence-corrected chi connectivity index (χ0v) is 15.5. The lowest BCUT2D eigenvalue weighted by atomic mass is 10.0. The van der Waals surface area contributed by atoms with Gasteiger partial charge in [0.2, 0.25) is 11.8 Å². The first kappa shape index (κ1) is 18.6. The molecule has 0 radical (unpaired) electrons. The van der Waals surface area contributed by atoms with Crippen molar-refractivity contribution in [2.45, 2.75) is 19.8 Å². The topological polar surface area (TPSA) is 66.9 Å². The van der Waals surface area contributed by atoms with Gasteiger partial charge in [-0.15, -0.1) is 0 Å². The van der Waals surface area contributed by atoms with Gasteiger partial charge in [-0.2, -0.15) is 0 Å². The molecule has 27 heavy (non-hydrogen) atoms. The number of amides is 2. The van der Waals surface area contributed by atoms with Crippen LogP contribution in [0.1, 0.15) is 29.3 Å². The van der Waals surface area contributed by atoms with Crippen molar-refractivity contribution >= 4 is 29.2 Å². The molecule has 140 valence electrons. The van der Waals surface area contributed by atoms with Gasteiger partial charge in [-0.25, -0.2) is 4.79 Å². The van der Waals surface area contributed by atoms with Gasteiger partial charge in [-0.05, 0) is 36.6 Å². The number of carbonyl (C=O) groups excluding carboxylic acids is 3. The summed E-state index contributed by atoms with van der Waals surface area (Å²) < 4.78 is 4.80. The summed E-state index contributed by atoms with van der Waals surface area (Å²) in [6.45, 7) is 1.85. The highest BCUT2D eigenvalue weighted by Crippen LogP contribution is 2.28. The Bertz CT molecular complexity index is 878. The second-order valence-corrected chi connectivity index (χ2v) is 6.39. The maximum absolute atomic E-state index is 13.0. The predicted octanol–water partition coefficient (Wildman–Crippen LogP) is 2.81. The molecule has 0 saturated carbocycles. The van der Waals surface area contributed by atoms with Crippen molar-refractivity contribution < 1.29 is 19.1 Å². The van der Waals surface area contributed by atoms with E-state index in [-0.39, 0.29) is 23.9 Å². The maximum Gasteiger partial charge on any atom is 0.339 e. The van der Waals surface area contributed by atoms with Crippen LogP contribution in [-0.2, 0) is 20.7 Å². The number of carbonyl (C=O) groups is 3. The summed E-state index contributed by atoms with van der Waals surface area (Å²) in [5.74, 6) is -1.05. The van der Waals surface area contributed by atoms with Gasteiger partial charge in [0.1, 0.15) is 6.54 Å². The van der Waals surface area contributed by atoms with Gasteiger partial charge in [0.05, 0.1) is 18.4 Å². The third-order valence-corrected chi connectivity index (χ3v) is 4.68. The van der Waals surface area contributed by atoms with Crippen LogP contribution in [-0.4, -0.2) is 38.0 Å². The van der Waals surface area contributed by atoms with Crippen LogP contribution in [0.15, 0.2) is 48.5 Å². The summed E-state index contributed by atoms with van der Waals surface area (Å²) in [7, 11) is 1.28. The van der Waals surface area contributed by atoms with Gasteiger partial charge in [-0.3, -0.25) is 9.59 Å². The smallest absolute Gasteiger partial charge is 0.339 e. The normalized spacial score (nSPS) is 12.9. The maximum atomic E-state index is 13.0.